The molecular formula is C13H13ClINO3. The Kier molecular flexibility index (Phi) is 4.67. The van der Waals surface area contributed by atoms with Crippen LogP contribution in [0.3, 0.4) is 0 Å². The number of carbonyl (C=O) groups is 2. The highest BCUT2D eigenvalue weighted by molar-refractivity contribution is 14.1. The van der Waals surface area contributed by atoms with Crippen molar-refractivity contribution >= 4 is 46.1 Å². The maximum absolute atomic E-state index is 12.1. The number of carboxylic acids is 1. The molecule has 1 fully saturated rings. The summed E-state index contributed by atoms with van der Waals surface area (Å²) in [5.41, 5.74) is 0.460. The van der Waals surface area contributed by atoms with Gasteiger partial charge in [-0.1, -0.05) is 11.6 Å². The first-order valence-corrected chi connectivity index (χ1v) is 7.40. The van der Waals surface area contributed by atoms with E-state index in [9.17, 15) is 9.59 Å². The fourth-order valence-corrected chi connectivity index (χ4v) is 2.43. The molecule has 102 valence electrons. The second kappa shape index (κ2) is 6.09. The Morgan fingerprint density at radius 3 is 2.68 bits per heavy atom. The number of rotatable bonds is 5. The van der Waals surface area contributed by atoms with Crippen LogP contribution in [0.1, 0.15) is 29.6 Å². The third-order valence-corrected chi connectivity index (χ3v) is 4.66. The minimum Gasteiger partial charge on any atom is -0.481 e. The maximum atomic E-state index is 12.1. The number of halogens is 2. The van der Waals surface area contributed by atoms with Gasteiger partial charge in [-0.25, -0.2) is 0 Å². The van der Waals surface area contributed by atoms with Gasteiger partial charge in [0.1, 0.15) is 0 Å². The van der Waals surface area contributed by atoms with Crippen molar-refractivity contribution in [2.45, 2.75) is 25.3 Å². The van der Waals surface area contributed by atoms with E-state index in [2.05, 4.69) is 27.9 Å². The fourth-order valence-electron chi connectivity index (χ4n) is 1.91. The molecule has 1 aromatic rings. The Labute approximate surface area is 129 Å². The number of hydrogen-bond donors (Lipinski definition) is 2. The zero-order chi connectivity index (χ0) is 14.0. The van der Waals surface area contributed by atoms with Crippen LogP contribution in [0.5, 0.6) is 0 Å². The molecule has 19 heavy (non-hydrogen) atoms. The van der Waals surface area contributed by atoms with E-state index < -0.39 is 5.97 Å². The van der Waals surface area contributed by atoms with Gasteiger partial charge in [-0.15, -0.1) is 0 Å². The molecule has 0 heterocycles. The van der Waals surface area contributed by atoms with Crippen molar-refractivity contribution in [3.05, 3.63) is 32.4 Å². The van der Waals surface area contributed by atoms with Crippen molar-refractivity contribution in [3.63, 3.8) is 0 Å². The Morgan fingerprint density at radius 1 is 1.47 bits per heavy atom. The van der Waals surface area contributed by atoms with E-state index in [0.29, 0.717) is 16.5 Å². The molecule has 1 amide bonds. The van der Waals surface area contributed by atoms with Gasteiger partial charge in [0.05, 0.1) is 11.4 Å². The van der Waals surface area contributed by atoms with E-state index in [0.717, 1.165) is 16.4 Å². The highest BCUT2D eigenvalue weighted by Gasteiger charge is 2.33. The van der Waals surface area contributed by atoms with Gasteiger partial charge in [0.2, 0.25) is 0 Å². The van der Waals surface area contributed by atoms with E-state index in [1.54, 1.807) is 18.2 Å². The lowest BCUT2D eigenvalue weighted by Crippen LogP contribution is -2.38. The van der Waals surface area contributed by atoms with Gasteiger partial charge in [0.15, 0.2) is 0 Å². The van der Waals surface area contributed by atoms with Crippen LogP contribution in [-0.4, -0.2) is 23.0 Å². The molecule has 2 rings (SSSR count). The van der Waals surface area contributed by atoms with Crippen molar-refractivity contribution in [2.24, 2.45) is 5.92 Å². The van der Waals surface area contributed by atoms with Crippen LogP contribution in [0.15, 0.2) is 18.2 Å². The largest absolute Gasteiger partial charge is 0.481 e. The minimum atomic E-state index is -0.891. The standard InChI is InChI=1S/C13H13ClINO3/c14-9-5-8(3-4-10(9)15)13(19)16-11(6-12(17)18)7-1-2-7/h3-5,7,11H,1-2,6H2,(H,16,19)(H,17,18). The summed E-state index contributed by atoms with van der Waals surface area (Å²) in [5.74, 6) is -0.867. The van der Waals surface area contributed by atoms with Crippen molar-refractivity contribution in [1.82, 2.24) is 5.32 Å². The first-order chi connectivity index (χ1) is 8.97. The number of benzene rings is 1. The Bertz CT molecular complexity index is 517. The molecule has 0 bridgehead atoms. The number of hydrogen-bond acceptors (Lipinski definition) is 2. The maximum Gasteiger partial charge on any atom is 0.305 e. The quantitative estimate of drug-likeness (QED) is 0.756. The molecule has 0 saturated heterocycles. The highest BCUT2D eigenvalue weighted by atomic mass is 127. The number of amides is 1. The summed E-state index contributed by atoms with van der Waals surface area (Å²) in [7, 11) is 0. The molecule has 1 aromatic carbocycles. The predicted octanol–water partition coefficient (Wildman–Crippen LogP) is 2.93. The van der Waals surface area contributed by atoms with Gasteiger partial charge in [0.25, 0.3) is 5.91 Å². The molecule has 2 N–H and O–H groups in total. The van der Waals surface area contributed by atoms with E-state index >= 15 is 0 Å². The Morgan fingerprint density at radius 2 is 2.16 bits per heavy atom. The summed E-state index contributed by atoms with van der Waals surface area (Å²) in [4.78, 5) is 22.9. The normalized spacial score (nSPS) is 15.9. The van der Waals surface area contributed by atoms with Crippen LogP contribution in [0.25, 0.3) is 0 Å². The van der Waals surface area contributed by atoms with Gasteiger partial charge >= 0.3 is 5.97 Å². The topological polar surface area (TPSA) is 66.4 Å². The Balaban J connectivity index is 2.05. The van der Waals surface area contributed by atoms with E-state index in [1.165, 1.54) is 0 Å². The average Bonchev–Trinajstić information content (AvgIpc) is 3.15. The molecular weight excluding hydrogens is 381 g/mol. The summed E-state index contributed by atoms with van der Waals surface area (Å²) in [5, 5.41) is 12.2. The fraction of sp³-hybridized carbons (Fsp3) is 0.385. The minimum absolute atomic E-state index is 0.0332. The molecule has 1 atom stereocenters. The molecule has 0 radical (unpaired) electrons. The predicted molar refractivity (Wildman–Crippen MR) is 80.4 cm³/mol. The molecule has 1 saturated carbocycles. The summed E-state index contributed by atoms with van der Waals surface area (Å²) in [6, 6.07) is 4.76. The lowest BCUT2D eigenvalue weighted by molar-refractivity contribution is -0.137. The van der Waals surface area contributed by atoms with E-state index in [-0.39, 0.29) is 18.4 Å². The van der Waals surface area contributed by atoms with Crippen molar-refractivity contribution in [2.75, 3.05) is 0 Å². The second-order valence-electron chi connectivity index (χ2n) is 4.64. The summed E-state index contributed by atoms with van der Waals surface area (Å²) >= 11 is 8.06. The molecule has 4 nitrogen and oxygen atoms in total. The van der Waals surface area contributed by atoms with Crippen LogP contribution in [-0.2, 0) is 4.79 Å². The molecule has 1 aliphatic carbocycles. The summed E-state index contributed by atoms with van der Waals surface area (Å²) in [6.07, 6.45) is 1.92. The molecule has 1 unspecified atom stereocenters. The van der Waals surface area contributed by atoms with Crippen LogP contribution in [0.4, 0.5) is 0 Å². The Hall–Kier alpha value is -0.820. The van der Waals surface area contributed by atoms with Crippen molar-refractivity contribution in [1.29, 1.82) is 0 Å². The SMILES string of the molecule is O=C(O)CC(NC(=O)c1ccc(I)c(Cl)c1)C1CC1. The first kappa shape index (κ1) is 14.6. The number of carbonyl (C=O) groups excluding carboxylic acids is 1. The third-order valence-electron chi connectivity index (χ3n) is 3.08. The van der Waals surface area contributed by atoms with Gasteiger partial charge in [-0.05, 0) is 59.5 Å². The van der Waals surface area contributed by atoms with Gasteiger partial charge < -0.3 is 10.4 Å². The van der Waals surface area contributed by atoms with E-state index in [4.69, 9.17) is 16.7 Å². The average molecular weight is 394 g/mol. The number of nitrogens with one attached hydrogen (secondary N) is 1. The molecule has 0 aliphatic heterocycles. The molecule has 0 spiro atoms. The van der Waals surface area contributed by atoms with Crippen LogP contribution in [0.2, 0.25) is 5.02 Å². The monoisotopic (exact) mass is 393 g/mol. The van der Waals surface area contributed by atoms with Gasteiger partial charge in [0, 0.05) is 15.2 Å². The third kappa shape index (κ3) is 4.07. The van der Waals surface area contributed by atoms with Crippen LogP contribution < -0.4 is 5.32 Å². The number of aliphatic carboxylic acids is 1. The number of carboxylic acid groups (broad SMARTS) is 1. The lowest BCUT2D eigenvalue weighted by atomic mass is 10.1. The highest BCUT2D eigenvalue weighted by Crippen LogP contribution is 2.34. The molecule has 0 aromatic heterocycles. The zero-order valence-electron chi connectivity index (χ0n) is 10.0. The smallest absolute Gasteiger partial charge is 0.305 e. The lowest BCUT2D eigenvalue weighted by Gasteiger charge is -2.16. The van der Waals surface area contributed by atoms with Crippen LogP contribution in [0, 0.1) is 9.49 Å². The molecule has 6 heteroatoms. The first-order valence-electron chi connectivity index (χ1n) is 5.95. The van der Waals surface area contributed by atoms with Crippen molar-refractivity contribution < 1.29 is 14.7 Å². The second-order valence-corrected chi connectivity index (χ2v) is 6.21. The van der Waals surface area contributed by atoms with Crippen LogP contribution >= 0.6 is 34.2 Å². The van der Waals surface area contributed by atoms with Crippen molar-refractivity contribution in [3.8, 4) is 0 Å². The van der Waals surface area contributed by atoms with E-state index in [1.807, 2.05) is 0 Å². The summed E-state index contributed by atoms with van der Waals surface area (Å²) < 4.78 is 0.875. The zero-order valence-corrected chi connectivity index (χ0v) is 12.9. The van der Waals surface area contributed by atoms with Gasteiger partial charge in [-0.2, -0.15) is 0 Å². The van der Waals surface area contributed by atoms with Gasteiger partial charge in [-0.3, -0.25) is 9.59 Å². The summed E-state index contributed by atoms with van der Waals surface area (Å²) in [6.45, 7) is 0. The molecule has 1 aliphatic rings.